The molecule has 150 valence electrons. The summed E-state index contributed by atoms with van der Waals surface area (Å²) in [5, 5.41) is 11.1. The van der Waals surface area contributed by atoms with Gasteiger partial charge >= 0.3 is 0 Å². The fraction of sp³-hybridized carbons (Fsp3) is 0.318. The van der Waals surface area contributed by atoms with Crippen molar-refractivity contribution in [1.29, 1.82) is 0 Å². The van der Waals surface area contributed by atoms with E-state index in [9.17, 15) is 14.7 Å². The number of amides is 1. The van der Waals surface area contributed by atoms with Crippen molar-refractivity contribution in [2.45, 2.75) is 19.4 Å². The smallest absolute Gasteiger partial charge is 0.295 e. The number of likely N-dealkylation sites (tertiary alicyclic amines) is 1. The molecule has 0 bridgehead atoms. The van der Waals surface area contributed by atoms with Gasteiger partial charge in [-0.1, -0.05) is 13.0 Å². The van der Waals surface area contributed by atoms with Gasteiger partial charge in [0, 0.05) is 31.5 Å². The highest BCUT2D eigenvalue weighted by Crippen LogP contribution is 2.40. The molecule has 2 aliphatic rings. The number of hydrogen-bond donors (Lipinski definition) is 1. The zero-order valence-electron chi connectivity index (χ0n) is 16.5. The number of aliphatic hydroxyl groups is 1. The molecule has 29 heavy (non-hydrogen) atoms. The third kappa shape index (κ3) is 3.22. The summed E-state index contributed by atoms with van der Waals surface area (Å²) in [5.74, 6) is -0.726. The van der Waals surface area contributed by atoms with Crippen LogP contribution in [0, 0.1) is 0 Å². The Morgan fingerprint density at radius 2 is 2.14 bits per heavy atom. The van der Waals surface area contributed by atoms with Crippen LogP contribution in [0.4, 0.5) is 5.69 Å². The Morgan fingerprint density at radius 3 is 2.86 bits per heavy atom. The quantitative estimate of drug-likeness (QED) is 0.489. The van der Waals surface area contributed by atoms with Crippen LogP contribution in [0.3, 0.4) is 0 Å². The maximum absolute atomic E-state index is 12.9. The van der Waals surface area contributed by atoms with E-state index >= 15 is 0 Å². The Hall–Kier alpha value is -3.35. The fourth-order valence-electron chi connectivity index (χ4n) is 3.89. The number of Topliss-reactive ketones (excluding diaryl/α,β-unsaturated/α-hetero) is 1. The van der Waals surface area contributed by atoms with Crippen LogP contribution < -0.4 is 9.64 Å². The Balaban J connectivity index is 1.85. The number of benzene rings is 1. The molecule has 1 atom stereocenters. The standard InChI is InChI=1S/C22H23N3O4/c1-3-9-25-19(15-5-4-8-23-13-15)18(21(27)22(25)28)20(26)14-6-7-17-16(12-14)24(2)10-11-29-17/h4-8,12-13,19,26H,3,9-11H2,1-2H3/b20-18-. The molecule has 1 aromatic heterocycles. The molecule has 0 aliphatic carbocycles. The molecule has 7 heteroatoms. The van der Waals surface area contributed by atoms with E-state index in [4.69, 9.17) is 4.74 Å². The first-order valence-electron chi connectivity index (χ1n) is 9.69. The molecule has 3 heterocycles. The predicted octanol–water partition coefficient (Wildman–Crippen LogP) is 2.74. The van der Waals surface area contributed by atoms with Crippen LogP contribution in [0.5, 0.6) is 5.75 Å². The van der Waals surface area contributed by atoms with Gasteiger partial charge in [-0.05, 0) is 36.2 Å². The van der Waals surface area contributed by atoms with E-state index in [-0.39, 0.29) is 11.3 Å². The van der Waals surface area contributed by atoms with Crippen LogP contribution in [0.2, 0.25) is 0 Å². The van der Waals surface area contributed by atoms with E-state index in [0.29, 0.717) is 30.7 Å². The van der Waals surface area contributed by atoms with E-state index < -0.39 is 17.7 Å². The first kappa shape index (κ1) is 19.0. The van der Waals surface area contributed by atoms with E-state index in [1.165, 1.54) is 4.90 Å². The summed E-state index contributed by atoms with van der Waals surface area (Å²) >= 11 is 0. The Bertz CT molecular complexity index is 987. The highest BCUT2D eigenvalue weighted by molar-refractivity contribution is 6.46. The van der Waals surface area contributed by atoms with Crippen molar-refractivity contribution in [3.63, 3.8) is 0 Å². The van der Waals surface area contributed by atoms with Crippen molar-refractivity contribution in [1.82, 2.24) is 9.88 Å². The number of aromatic nitrogens is 1. The zero-order chi connectivity index (χ0) is 20.5. The minimum absolute atomic E-state index is 0.0933. The van der Waals surface area contributed by atoms with Gasteiger partial charge in [0.1, 0.15) is 18.1 Å². The van der Waals surface area contributed by atoms with Crippen LogP contribution in [-0.4, -0.2) is 53.4 Å². The average molecular weight is 393 g/mol. The lowest BCUT2D eigenvalue weighted by molar-refractivity contribution is -0.139. The first-order chi connectivity index (χ1) is 14.0. The van der Waals surface area contributed by atoms with Gasteiger partial charge in [0.25, 0.3) is 11.7 Å². The summed E-state index contributed by atoms with van der Waals surface area (Å²) in [6, 6.07) is 8.19. The molecule has 1 fully saturated rings. The van der Waals surface area contributed by atoms with Crippen molar-refractivity contribution in [2.75, 3.05) is 31.6 Å². The number of hydrogen-bond acceptors (Lipinski definition) is 6. The lowest BCUT2D eigenvalue weighted by atomic mass is 9.96. The van der Waals surface area contributed by atoms with Crippen molar-refractivity contribution in [2.24, 2.45) is 0 Å². The molecule has 4 rings (SSSR count). The van der Waals surface area contributed by atoms with Gasteiger partial charge in [-0.25, -0.2) is 0 Å². The lowest BCUT2D eigenvalue weighted by Crippen LogP contribution is -2.30. The van der Waals surface area contributed by atoms with Crippen LogP contribution in [0.25, 0.3) is 5.76 Å². The minimum atomic E-state index is -0.674. The van der Waals surface area contributed by atoms with Crippen molar-refractivity contribution in [3.8, 4) is 5.75 Å². The maximum atomic E-state index is 12.9. The minimum Gasteiger partial charge on any atom is -0.507 e. The van der Waals surface area contributed by atoms with Gasteiger partial charge in [-0.3, -0.25) is 14.6 Å². The summed E-state index contributed by atoms with van der Waals surface area (Å²) in [6.45, 7) is 3.69. The molecule has 0 spiro atoms. The number of pyridine rings is 1. The van der Waals surface area contributed by atoms with Crippen molar-refractivity contribution in [3.05, 3.63) is 59.4 Å². The summed E-state index contributed by atoms with van der Waals surface area (Å²) in [7, 11) is 1.95. The first-order valence-corrected chi connectivity index (χ1v) is 9.69. The molecule has 1 saturated heterocycles. The molecular weight excluding hydrogens is 370 g/mol. The highest BCUT2D eigenvalue weighted by atomic mass is 16.5. The molecule has 2 aromatic rings. The average Bonchev–Trinajstić information content (AvgIpc) is 2.99. The fourth-order valence-corrected chi connectivity index (χ4v) is 3.89. The summed E-state index contributed by atoms with van der Waals surface area (Å²) in [6.07, 6.45) is 3.96. The number of ketones is 1. The van der Waals surface area contributed by atoms with Crippen LogP contribution in [-0.2, 0) is 9.59 Å². The number of carbonyl (C=O) groups is 2. The SMILES string of the molecule is CCCN1C(=O)C(=O)/C(=C(\O)c2ccc3c(c2)N(C)CCO3)C1c1cccnc1. The van der Waals surface area contributed by atoms with Gasteiger partial charge in [0.05, 0.1) is 23.8 Å². The van der Waals surface area contributed by atoms with Gasteiger partial charge in [-0.2, -0.15) is 0 Å². The van der Waals surface area contributed by atoms with Crippen molar-refractivity contribution < 1.29 is 19.4 Å². The number of carbonyl (C=O) groups excluding carboxylic acids is 2. The summed E-state index contributed by atoms with van der Waals surface area (Å²) in [4.78, 5) is 33.2. The number of likely N-dealkylation sites (N-methyl/N-ethyl adjacent to an activating group) is 1. The number of fused-ring (bicyclic) bond motifs is 1. The monoisotopic (exact) mass is 393 g/mol. The van der Waals surface area contributed by atoms with Crippen molar-refractivity contribution >= 4 is 23.1 Å². The van der Waals surface area contributed by atoms with Crippen LogP contribution in [0.1, 0.15) is 30.5 Å². The largest absolute Gasteiger partial charge is 0.507 e. The molecule has 7 nitrogen and oxygen atoms in total. The molecule has 0 saturated carbocycles. The summed E-state index contributed by atoms with van der Waals surface area (Å²) in [5.41, 5.74) is 2.10. The Kier molecular flexibility index (Phi) is 4.96. The van der Waals surface area contributed by atoms with Crippen LogP contribution >= 0.6 is 0 Å². The number of aliphatic hydroxyl groups excluding tert-OH is 1. The third-order valence-electron chi connectivity index (χ3n) is 5.33. The lowest BCUT2D eigenvalue weighted by Gasteiger charge is -2.28. The molecule has 1 amide bonds. The van der Waals surface area contributed by atoms with E-state index in [1.54, 1.807) is 36.7 Å². The van der Waals surface area contributed by atoms with E-state index in [1.807, 2.05) is 24.9 Å². The van der Waals surface area contributed by atoms with Gasteiger partial charge in [-0.15, -0.1) is 0 Å². The number of rotatable bonds is 4. The molecule has 1 unspecified atom stereocenters. The summed E-state index contributed by atoms with van der Waals surface area (Å²) < 4.78 is 5.65. The molecule has 2 aliphatic heterocycles. The maximum Gasteiger partial charge on any atom is 0.295 e. The number of nitrogens with zero attached hydrogens (tertiary/aromatic N) is 3. The second kappa shape index (κ2) is 7.58. The van der Waals surface area contributed by atoms with Gasteiger partial charge in [0.2, 0.25) is 0 Å². The Labute approximate surface area is 169 Å². The van der Waals surface area contributed by atoms with Crippen LogP contribution in [0.15, 0.2) is 48.3 Å². The van der Waals surface area contributed by atoms with Gasteiger partial charge < -0.3 is 19.6 Å². The topological polar surface area (TPSA) is 83.0 Å². The molecular formula is C22H23N3O4. The molecule has 1 N–H and O–H groups in total. The molecule has 0 radical (unpaired) electrons. The number of ether oxygens (including phenoxy) is 1. The molecule has 1 aromatic carbocycles. The number of anilines is 1. The zero-order valence-corrected chi connectivity index (χ0v) is 16.5. The second-order valence-electron chi connectivity index (χ2n) is 7.23. The predicted molar refractivity (Wildman–Crippen MR) is 109 cm³/mol. The third-order valence-corrected chi connectivity index (χ3v) is 5.33. The van der Waals surface area contributed by atoms with Gasteiger partial charge in [0.15, 0.2) is 0 Å². The van der Waals surface area contributed by atoms with E-state index in [2.05, 4.69) is 4.98 Å². The second-order valence-corrected chi connectivity index (χ2v) is 7.23. The highest BCUT2D eigenvalue weighted by Gasteiger charge is 2.45. The Morgan fingerprint density at radius 1 is 1.31 bits per heavy atom. The van der Waals surface area contributed by atoms with E-state index in [0.717, 1.165) is 18.0 Å². The normalized spacial score (nSPS) is 20.6.